The molecule has 0 unspecified atom stereocenters. The normalized spacial score (nSPS) is 11.0. The number of nitrogens with one attached hydrogen (secondary N) is 2. The molecule has 0 fully saturated rings. The number of benzene rings is 2. The third-order valence-electron chi connectivity index (χ3n) is 5.28. The second-order valence-electron chi connectivity index (χ2n) is 7.76. The zero-order valence-corrected chi connectivity index (χ0v) is 19.6. The first-order chi connectivity index (χ1) is 16.9. The Morgan fingerprint density at radius 1 is 1.11 bits per heavy atom. The number of carbonyl (C=O) groups excluding carboxylic acids is 1. The molecule has 0 bridgehead atoms. The third kappa shape index (κ3) is 5.22. The van der Waals surface area contributed by atoms with Crippen molar-refractivity contribution in [2.75, 3.05) is 32.1 Å². The van der Waals surface area contributed by atoms with E-state index in [1.165, 1.54) is 6.07 Å². The van der Waals surface area contributed by atoms with Crippen molar-refractivity contribution in [1.29, 1.82) is 0 Å². The number of aromatic nitrogens is 3. The van der Waals surface area contributed by atoms with Crippen LogP contribution in [-0.2, 0) is 4.74 Å². The molecular formula is C25H25F2N5O3. The summed E-state index contributed by atoms with van der Waals surface area (Å²) in [5.74, 6) is -1.88. The van der Waals surface area contributed by atoms with Crippen molar-refractivity contribution in [2.45, 2.75) is 13.8 Å². The van der Waals surface area contributed by atoms with Gasteiger partial charge in [-0.2, -0.15) is 0 Å². The summed E-state index contributed by atoms with van der Waals surface area (Å²) < 4.78 is 39.5. The van der Waals surface area contributed by atoms with Crippen LogP contribution in [0, 0.1) is 18.6 Å². The fourth-order valence-corrected chi connectivity index (χ4v) is 3.61. The summed E-state index contributed by atoms with van der Waals surface area (Å²) in [6, 6.07) is 10.4. The minimum absolute atomic E-state index is 0.0994. The van der Waals surface area contributed by atoms with Gasteiger partial charge in [-0.25, -0.2) is 18.3 Å². The topological polar surface area (TPSA) is 89.8 Å². The zero-order chi connectivity index (χ0) is 24.9. The van der Waals surface area contributed by atoms with E-state index in [-0.39, 0.29) is 17.5 Å². The molecule has 182 valence electrons. The molecule has 2 N–H and O–H groups in total. The smallest absolute Gasteiger partial charge is 0.251 e. The van der Waals surface area contributed by atoms with Gasteiger partial charge in [-0.05, 0) is 43.7 Å². The second kappa shape index (κ2) is 10.5. The highest BCUT2D eigenvalue weighted by atomic mass is 19.2. The van der Waals surface area contributed by atoms with E-state index in [1.54, 1.807) is 30.0 Å². The molecule has 0 saturated carbocycles. The Morgan fingerprint density at radius 3 is 2.66 bits per heavy atom. The Kier molecular flexibility index (Phi) is 7.21. The highest BCUT2D eigenvalue weighted by Crippen LogP contribution is 2.30. The Morgan fingerprint density at radius 2 is 1.94 bits per heavy atom. The van der Waals surface area contributed by atoms with Crippen LogP contribution in [0.15, 0.2) is 48.7 Å². The number of ether oxygens (including phenoxy) is 2. The summed E-state index contributed by atoms with van der Waals surface area (Å²) in [6.45, 7) is 5.23. The zero-order valence-electron chi connectivity index (χ0n) is 19.6. The van der Waals surface area contributed by atoms with Crippen molar-refractivity contribution in [3.05, 3.63) is 71.4 Å². The maximum absolute atomic E-state index is 13.7. The van der Waals surface area contributed by atoms with Crippen molar-refractivity contribution in [3.8, 4) is 22.9 Å². The lowest BCUT2D eigenvalue weighted by molar-refractivity contribution is 0.0955. The Balaban J connectivity index is 1.76. The largest absolute Gasteiger partial charge is 0.437 e. The summed E-state index contributed by atoms with van der Waals surface area (Å²) in [4.78, 5) is 16.8. The molecule has 1 amide bonds. The van der Waals surface area contributed by atoms with Gasteiger partial charge in [0.2, 0.25) is 5.88 Å². The quantitative estimate of drug-likeness (QED) is 0.340. The lowest BCUT2D eigenvalue weighted by Gasteiger charge is -2.12. The molecule has 10 heteroatoms. The highest BCUT2D eigenvalue weighted by Gasteiger charge is 2.16. The molecule has 0 aliphatic heterocycles. The minimum atomic E-state index is -1.02. The van der Waals surface area contributed by atoms with E-state index in [4.69, 9.17) is 9.47 Å². The molecule has 4 aromatic rings. The number of hydrogen-bond donors (Lipinski definition) is 2. The molecule has 2 aromatic heterocycles. The first-order valence-corrected chi connectivity index (χ1v) is 11.0. The molecule has 0 aliphatic carbocycles. The number of imidazole rings is 1. The number of rotatable bonds is 9. The van der Waals surface area contributed by atoms with Crippen LogP contribution in [0.3, 0.4) is 0 Å². The second-order valence-corrected chi connectivity index (χ2v) is 7.76. The van der Waals surface area contributed by atoms with Gasteiger partial charge in [0.25, 0.3) is 5.91 Å². The van der Waals surface area contributed by atoms with Gasteiger partial charge in [0.1, 0.15) is 5.75 Å². The van der Waals surface area contributed by atoms with Crippen LogP contribution in [0.5, 0.6) is 11.6 Å². The summed E-state index contributed by atoms with van der Waals surface area (Å²) in [5, 5.41) is 10.6. The molecule has 35 heavy (non-hydrogen) atoms. The van der Waals surface area contributed by atoms with Crippen molar-refractivity contribution < 1.29 is 23.0 Å². The minimum Gasteiger partial charge on any atom is -0.437 e. The van der Waals surface area contributed by atoms with E-state index in [2.05, 4.69) is 20.7 Å². The van der Waals surface area contributed by atoms with Crippen LogP contribution in [0.25, 0.3) is 16.9 Å². The average Bonchev–Trinajstić information content (AvgIpc) is 3.26. The number of nitrogens with zero attached hydrogens (tertiary/aromatic N) is 3. The number of methoxy groups -OCH3 is 1. The van der Waals surface area contributed by atoms with E-state index < -0.39 is 11.6 Å². The van der Waals surface area contributed by atoms with Crippen molar-refractivity contribution in [2.24, 2.45) is 0 Å². The molecule has 0 aliphatic rings. The van der Waals surface area contributed by atoms with Gasteiger partial charge in [-0.1, -0.05) is 6.07 Å². The predicted octanol–water partition coefficient (Wildman–Crippen LogP) is 4.58. The van der Waals surface area contributed by atoms with Crippen LogP contribution >= 0.6 is 0 Å². The van der Waals surface area contributed by atoms with Gasteiger partial charge in [0.15, 0.2) is 17.3 Å². The van der Waals surface area contributed by atoms with Gasteiger partial charge in [-0.15, -0.1) is 5.10 Å². The van der Waals surface area contributed by atoms with Crippen molar-refractivity contribution in [1.82, 2.24) is 19.9 Å². The number of amides is 1. The van der Waals surface area contributed by atoms with E-state index in [0.29, 0.717) is 42.3 Å². The van der Waals surface area contributed by atoms with Crippen molar-refractivity contribution >= 4 is 17.2 Å². The number of anilines is 1. The summed E-state index contributed by atoms with van der Waals surface area (Å²) in [6.07, 6.45) is 1.67. The van der Waals surface area contributed by atoms with Gasteiger partial charge < -0.3 is 20.1 Å². The SMILES string of the molecule is CCNC(=O)c1ccc(-c2cnc3c(NCCOC)cc(Oc4ccc(F)c(F)c4)nn23)cc1C. The fraction of sp³-hybridized carbons (Fsp3) is 0.240. The third-order valence-corrected chi connectivity index (χ3v) is 5.28. The average molecular weight is 482 g/mol. The van der Waals surface area contributed by atoms with Crippen LogP contribution < -0.4 is 15.4 Å². The summed E-state index contributed by atoms with van der Waals surface area (Å²) >= 11 is 0. The standard InChI is InChI=1S/C25H25F2N5O3/c1-4-28-25(33)18-7-5-16(11-15(18)2)22-14-30-24-21(29-9-10-34-3)13-23(31-32(22)24)35-17-6-8-19(26)20(27)12-17/h5-8,11-14,29H,4,9-10H2,1-3H3,(H,28,33). The Bertz CT molecular complexity index is 1370. The summed E-state index contributed by atoms with van der Waals surface area (Å²) in [5.41, 5.74) is 4.01. The number of fused-ring (bicyclic) bond motifs is 1. The monoisotopic (exact) mass is 481 g/mol. The molecule has 2 aromatic carbocycles. The Hall–Kier alpha value is -4.05. The van der Waals surface area contributed by atoms with Gasteiger partial charge in [0.05, 0.1) is 24.2 Å². The molecule has 8 nitrogen and oxygen atoms in total. The molecule has 4 rings (SSSR count). The molecule has 2 heterocycles. The first-order valence-electron chi connectivity index (χ1n) is 11.0. The van der Waals surface area contributed by atoms with E-state index in [0.717, 1.165) is 23.3 Å². The fourth-order valence-electron chi connectivity index (χ4n) is 3.61. The molecule has 0 saturated heterocycles. The maximum atomic E-state index is 13.7. The van der Waals surface area contributed by atoms with E-state index in [9.17, 15) is 13.6 Å². The predicted molar refractivity (Wildman–Crippen MR) is 128 cm³/mol. The Labute approximate surface area is 200 Å². The summed E-state index contributed by atoms with van der Waals surface area (Å²) in [7, 11) is 1.60. The highest BCUT2D eigenvalue weighted by molar-refractivity contribution is 5.96. The number of carbonyl (C=O) groups is 1. The maximum Gasteiger partial charge on any atom is 0.251 e. The van der Waals surface area contributed by atoms with Crippen molar-refractivity contribution in [3.63, 3.8) is 0 Å². The number of halogens is 2. The van der Waals surface area contributed by atoms with Gasteiger partial charge >= 0.3 is 0 Å². The molecule has 0 radical (unpaired) electrons. The van der Waals surface area contributed by atoms with Crippen LogP contribution in [-0.4, -0.2) is 47.3 Å². The molecular weight excluding hydrogens is 456 g/mol. The van der Waals surface area contributed by atoms with Crippen LogP contribution in [0.2, 0.25) is 0 Å². The van der Waals surface area contributed by atoms with E-state index in [1.807, 2.05) is 26.0 Å². The lowest BCUT2D eigenvalue weighted by Crippen LogP contribution is -2.23. The first kappa shape index (κ1) is 24.1. The number of hydrogen-bond acceptors (Lipinski definition) is 6. The van der Waals surface area contributed by atoms with Gasteiger partial charge in [-0.3, -0.25) is 4.79 Å². The van der Waals surface area contributed by atoms with Gasteiger partial charge in [0, 0.05) is 43.5 Å². The molecule has 0 atom stereocenters. The molecule has 0 spiro atoms. The van der Waals surface area contributed by atoms with Crippen LogP contribution in [0.1, 0.15) is 22.8 Å². The van der Waals surface area contributed by atoms with E-state index >= 15 is 0 Å². The lowest BCUT2D eigenvalue weighted by atomic mass is 10.0. The van der Waals surface area contributed by atoms with Crippen LogP contribution in [0.4, 0.5) is 14.5 Å². The number of aryl methyl sites for hydroxylation is 1.